The van der Waals surface area contributed by atoms with Gasteiger partial charge in [-0.25, -0.2) is 13.1 Å². The van der Waals surface area contributed by atoms with Gasteiger partial charge in [0.05, 0.1) is 19.9 Å². The van der Waals surface area contributed by atoms with Crippen molar-refractivity contribution in [2.75, 3.05) is 0 Å². The number of thiophene rings is 1. The van der Waals surface area contributed by atoms with E-state index in [9.17, 15) is 26.4 Å². The first-order valence-electron chi connectivity index (χ1n) is 5.70. The number of sulfonamides is 1. The quantitative estimate of drug-likeness (QED) is 0.761. The fourth-order valence-corrected chi connectivity index (χ4v) is 4.79. The van der Waals surface area contributed by atoms with E-state index in [1.54, 1.807) is 4.72 Å². The number of carbonyl (C=O) groups excluding carboxylic acids is 1. The maximum absolute atomic E-state index is 12.5. The molecule has 2 rings (SSSR count). The molecule has 124 valence electrons. The first-order chi connectivity index (χ1) is 10.5. The Morgan fingerprint density at radius 2 is 1.87 bits per heavy atom. The van der Waals surface area contributed by atoms with Crippen molar-refractivity contribution in [3.63, 3.8) is 0 Å². The molecule has 4 nitrogen and oxygen atoms in total. The normalized spacial score (nSPS) is 12.2. The molecule has 0 aliphatic rings. The van der Waals surface area contributed by atoms with E-state index in [1.165, 1.54) is 12.1 Å². The first kappa shape index (κ1) is 18.2. The number of halogens is 5. The van der Waals surface area contributed by atoms with E-state index >= 15 is 0 Å². The minimum absolute atomic E-state index is 0.124. The van der Waals surface area contributed by atoms with E-state index in [1.807, 2.05) is 0 Å². The zero-order chi connectivity index (χ0) is 17.4. The van der Waals surface area contributed by atoms with Crippen LogP contribution in [0.1, 0.15) is 15.9 Å². The summed E-state index contributed by atoms with van der Waals surface area (Å²) in [4.78, 5) is 12.0. The molecule has 11 heteroatoms. The van der Waals surface area contributed by atoms with Crippen LogP contribution < -0.4 is 4.72 Å². The number of nitrogens with one attached hydrogen (secondary N) is 1. The van der Waals surface area contributed by atoms with E-state index in [4.69, 9.17) is 11.6 Å². The summed E-state index contributed by atoms with van der Waals surface area (Å²) in [5, 5.41) is -0.500. The summed E-state index contributed by atoms with van der Waals surface area (Å²) in [7, 11) is -4.13. The van der Waals surface area contributed by atoms with Crippen LogP contribution in [-0.2, 0) is 16.2 Å². The molecule has 1 heterocycles. The number of alkyl halides is 3. The summed E-state index contributed by atoms with van der Waals surface area (Å²) in [6, 6.07) is 4.79. The maximum atomic E-state index is 12.5. The van der Waals surface area contributed by atoms with E-state index in [-0.39, 0.29) is 9.77 Å². The lowest BCUT2D eigenvalue weighted by Gasteiger charge is -2.10. The third-order valence-electron chi connectivity index (χ3n) is 2.58. The van der Waals surface area contributed by atoms with Crippen LogP contribution >= 0.6 is 38.9 Å². The van der Waals surface area contributed by atoms with Crippen molar-refractivity contribution < 1.29 is 26.4 Å². The highest BCUT2D eigenvalue weighted by Crippen LogP contribution is 2.32. The maximum Gasteiger partial charge on any atom is 0.416 e. The average molecular weight is 449 g/mol. The third-order valence-corrected chi connectivity index (χ3v) is 6.34. The Morgan fingerprint density at radius 1 is 1.22 bits per heavy atom. The number of benzene rings is 1. The van der Waals surface area contributed by atoms with Crippen molar-refractivity contribution in [2.45, 2.75) is 10.4 Å². The number of rotatable bonds is 3. The molecule has 0 fully saturated rings. The molecule has 0 unspecified atom stereocenters. The van der Waals surface area contributed by atoms with E-state index < -0.39 is 32.7 Å². The van der Waals surface area contributed by atoms with Gasteiger partial charge in [-0.1, -0.05) is 11.6 Å². The highest BCUT2D eigenvalue weighted by Gasteiger charge is 2.31. The Labute approximate surface area is 146 Å². The second kappa shape index (κ2) is 6.42. The van der Waals surface area contributed by atoms with Gasteiger partial charge in [0.25, 0.3) is 15.9 Å². The Balaban J connectivity index is 2.28. The fourth-order valence-electron chi connectivity index (χ4n) is 1.55. The van der Waals surface area contributed by atoms with Gasteiger partial charge in [-0.15, -0.1) is 11.3 Å². The predicted molar refractivity (Wildman–Crippen MR) is 83.1 cm³/mol. The minimum Gasteiger partial charge on any atom is -0.268 e. The molecule has 23 heavy (non-hydrogen) atoms. The fraction of sp³-hybridized carbons (Fsp3) is 0.0833. The van der Waals surface area contributed by atoms with Gasteiger partial charge in [0.15, 0.2) is 0 Å². The standard InChI is InChI=1S/C12H6BrClF3NO3S2/c13-9-3-4-10(22-9)23(20,21)18-11(19)7-2-1-6(5-8(7)14)12(15,16)17/h1-5H,(H,18,19). The Bertz CT molecular complexity index is 865. The van der Waals surface area contributed by atoms with Gasteiger partial charge >= 0.3 is 6.18 Å². The number of carbonyl (C=O) groups is 1. The van der Waals surface area contributed by atoms with Crippen molar-refractivity contribution in [2.24, 2.45) is 0 Å². The van der Waals surface area contributed by atoms with Crippen LogP contribution in [0.15, 0.2) is 38.3 Å². The summed E-state index contributed by atoms with van der Waals surface area (Å²) in [6.45, 7) is 0. The summed E-state index contributed by atoms with van der Waals surface area (Å²) in [5.74, 6) is -1.12. The first-order valence-corrected chi connectivity index (χ1v) is 9.17. The number of amides is 1. The van der Waals surface area contributed by atoms with Crippen molar-refractivity contribution in [3.05, 3.63) is 50.3 Å². The topological polar surface area (TPSA) is 63.2 Å². The average Bonchev–Trinajstić information content (AvgIpc) is 2.84. The third kappa shape index (κ3) is 4.25. The number of hydrogen-bond acceptors (Lipinski definition) is 4. The molecule has 2 aromatic rings. The molecule has 1 aromatic heterocycles. The van der Waals surface area contributed by atoms with Crippen molar-refractivity contribution >= 4 is 54.8 Å². The summed E-state index contributed by atoms with van der Waals surface area (Å²) >= 11 is 9.61. The molecule has 0 saturated carbocycles. The molecule has 1 N–H and O–H groups in total. The molecular formula is C12H6BrClF3NO3S2. The van der Waals surface area contributed by atoms with Crippen LogP contribution in [0.3, 0.4) is 0 Å². The molecule has 1 amide bonds. The van der Waals surface area contributed by atoms with Crippen molar-refractivity contribution in [3.8, 4) is 0 Å². The molecule has 0 spiro atoms. The SMILES string of the molecule is O=C(NS(=O)(=O)c1ccc(Br)s1)c1ccc(C(F)(F)F)cc1Cl. The second-order valence-corrected chi connectivity index (χ2v) is 8.97. The molecule has 0 aliphatic heterocycles. The van der Waals surface area contributed by atoms with Gasteiger partial charge in [0, 0.05) is 0 Å². The summed E-state index contributed by atoms with van der Waals surface area (Å²) in [6.07, 6.45) is -4.62. The largest absolute Gasteiger partial charge is 0.416 e. The molecule has 0 saturated heterocycles. The monoisotopic (exact) mass is 447 g/mol. The van der Waals surface area contributed by atoms with Gasteiger partial charge in [-0.3, -0.25) is 4.79 Å². The molecule has 0 bridgehead atoms. The molecule has 0 aliphatic carbocycles. The molecule has 0 radical (unpaired) electrons. The van der Waals surface area contributed by atoms with Crippen molar-refractivity contribution in [1.82, 2.24) is 4.72 Å². The highest BCUT2D eigenvalue weighted by molar-refractivity contribution is 9.11. The van der Waals surface area contributed by atoms with Gasteiger partial charge in [0.1, 0.15) is 4.21 Å². The van der Waals surface area contributed by atoms with Gasteiger partial charge < -0.3 is 0 Å². The highest BCUT2D eigenvalue weighted by atomic mass is 79.9. The molecule has 1 aromatic carbocycles. The van der Waals surface area contributed by atoms with Gasteiger partial charge in [-0.2, -0.15) is 13.2 Å². The van der Waals surface area contributed by atoms with Crippen LogP contribution in [0.25, 0.3) is 0 Å². The predicted octanol–water partition coefficient (Wildman–Crippen LogP) is 4.30. The number of hydrogen-bond donors (Lipinski definition) is 1. The molecular weight excluding hydrogens is 443 g/mol. The lowest BCUT2D eigenvalue weighted by Crippen LogP contribution is -2.30. The smallest absolute Gasteiger partial charge is 0.268 e. The van der Waals surface area contributed by atoms with Crippen LogP contribution in [0.2, 0.25) is 5.02 Å². The summed E-state index contributed by atoms with van der Waals surface area (Å²) in [5.41, 5.74) is -1.41. The summed E-state index contributed by atoms with van der Waals surface area (Å²) < 4.78 is 63.8. The zero-order valence-electron chi connectivity index (χ0n) is 10.8. The zero-order valence-corrected chi connectivity index (χ0v) is 14.8. The van der Waals surface area contributed by atoms with Crippen LogP contribution in [-0.4, -0.2) is 14.3 Å². The minimum atomic E-state index is -4.62. The van der Waals surface area contributed by atoms with Crippen molar-refractivity contribution in [1.29, 1.82) is 0 Å². The Hall–Kier alpha value is -1.10. The van der Waals surface area contributed by atoms with E-state index in [0.717, 1.165) is 17.4 Å². The van der Waals surface area contributed by atoms with Crippen LogP contribution in [0, 0.1) is 0 Å². The lowest BCUT2D eigenvalue weighted by atomic mass is 10.1. The lowest BCUT2D eigenvalue weighted by molar-refractivity contribution is -0.137. The second-order valence-electron chi connectivity index (χ2n) is 4.19. The van der Waals surface area contributed by atoms with Crippen LogP contribution in [0.4, 0.5) is 13.2 Å². The van der Waals surface area contributed by atoms with E-state index in [0.29, 0.717) is 15.9 Å². The molecule has 0 atom stereocenters. The van der Waals surface area contributed by atoms with E-state index in [2.05, 4.69) is 15.9 Å². The Kier molecular flexibility index (Phi) is 5.09. The van der Waals surface area contributed by atoms with Gasteiger partial charge in [-0.05, 0) is 46.3 Å². The van der Waals surface area contributed by atoms with Crippen LogP contribution in [0.5, 0.6) is 0 Å². The Morgan fingerprint density at radius 3 is 2.35 bits per heavy atom. The van der Waals surface area contributed by atoms with Gasteiger partial charge in [0.2, 0.25) is 0 Å².